The van der Waals surface area contributed by atoms with Crippen molar-refractivity contribution in [2.45, 2.75) is 20.8 Å². The first-order valence-corrected chi connectivity index (χ1v) is 11.2. The van der Waals surface area contributed by atoms with E-state index in [2.05, 4.69) is 41.1 Å². The molecule has 36 heavy (non-hydrogen) atoms. The van der Waals surface area contributed by atoms with Crippen molar-refractivity contribution in [3.63, 3.8) is 0 Å². The van der Waals surface area contributed by atoms with Gasteiger partial charge in [0.2, 0.25) is 0 Å². The number of pyridine rings is 1. The van der Waals surface area contributed by atoms with Crippen molar-refractivity contribution in [2.24, 2.45) is 7.05 Å². The van der Waals surface area contributed by atoms with Crippen LogP contribution >= 0.6 is 0 Å². The predicted octanol–water partition coefficient (Wildman–Crippen LogP) is 3.46. The number of carbonyl (C=O) groups excluding carboxylic acids is 1. The van der Waals surface area contributed by atoms with Gasteiger partial charge < -0.3 is 15.4 Å². The predicted molar refractivity (Wildman–Crippen MR) is 134 cm³/mol. The van der Waals surface area contributed by atoms with Crippen LogP contribution < -0.4 is 20.9 Å². The van der Waals surface area contributed by atoms with Crippen LogP contribution in [0.5, 0.6) is 5.75 Å². The molecular formula is C24H27N9O3. The van der Waals surface area contributed by atoms with E-state index in [1.807, 2.05) is 38.1 Å². The number of carbonyl (C=O) groups is 1. The Kier molecular flexibility index (Phi) is 7.35. The molecule has 1 amide bonds. The van der Waals surface area contributed by atoms with Crippen LogP contribution in [0, 0.1) is 13.8 Å². The van der Waals surface area contributed by atoms with E-state index in [-0.39, 0.29) is 5.56 Å². The molecule has 3 heterocycles. The largest absolute Gasteiger partial charge is 0.494 e. The molecule has 3 N–H and O–H groups in total. The maximum absolute atomic E-state index is 12.8. The van der Waals surface area contributed by atoms with E-state index in [1.54, 1.807) is 38.2 Å². The smallest absolute Gasteiger partial charge is 0.278 e. The van der Waals surface area contributed by atoms with Crippen LogP contribution in [0.2, 0.25) is 0 Å². The van der Waals surface area contributed by atoms with Gasteiger partial charge >= 0.3 is 0 Å². The fourth-order valence-corrected chi connectivity index (χ4v) is 3.55. The quantitative estimate of drug-likeness (QED) is 0.299. The molecule has 4 aromatic rings. The number of nitrogens with zero attached hydrogens (tertiary/aromatic N) is 6. The van der Waals surface area contributed by atoms with Crippen molar-refractivity contribution in [2.75, 3.05) is 24.4 Å². The number of amides is 1. The first-order valence-electron chi connectivity index (χ1n) is 11.2. The number of hydrogen-bond acceptors (Lipinski definition) is 10. The maximum atomic E-state index is 12.8. The lowest BCUT2D eigenvalue weighted by molar-refractivity contribution is 0.0365. The highest BCUT2D eigenvalue weighted by Crippen LogP contribution is 2.37. The minimum absolute atomic E-state index is 0.271. The first-order chi connectivity index (χ1) is 17.4. The summed E-state index contributed by atoms with van der Waals surface area (Å²) in [6.45, 7) is 5.80. The molecule has 186 valence electrons. The Balaban J connectivity index is 1.73. The molecule has 0 bridgehead atoms. The molecule has 0 aliphatic carbocycles. The lowest BCUT2D eigenvalue weighted by Gasteiger charge is -2.17. The number of hydrogen-bond donors (Lipinski definition) is 3. The van der Waals surface area contributed by atoms with Crippen LogP contribution in [-0.2, 0) is 11.9 Å². The highest BCUT2D eigenvalue weighted by molar-refractivity contribution is 6.00. The van der Waals surface area contributed by atoms with E-state index < -0.39 is 5.91 Å². The van der Waals surface area contributed by atoms with E-state index in [4.69, 9.17) is 9.57 Å². The summed E-state index contributed by atoms with van der Waals surface area (Å²) in [5.74, 6) is 2.28. The lowest BCUT2D eigenvalue weighted by atomic mass is 10.1. The topological polar surface area (TPSA) is 141 Å². The van der Waals surface area contributed by atoms with Gasteiger partial charge in [0, 0.05) is 31.1 Å². The van der Waals surface area contributed by atoms with Crippen LogP contribution in [0.1, 0.15) is 28.8 Å². The van der Waals surface area contributed by atoms with Crippen molar-refractivity contribution < 1.29 is 14.4 Å². The highest BCUT2D eigenvalue weighted by atomic mass is 16.6. The van der Waals surface area contributed by atoms with Gasteiger partial charge in [-0.05, 0) is 32.9 Å². The number of aromatic nitrogens is 6. The Morgan fingerprint density at radius 3 is 2.58 bits per heavy atom. The molecule has 12 heteroatoms. The molecule has 0 radical (unpaired) electrons. The molecule has 0 spiro atoms. The van der Waals surface area contributed by atoms with Gasteiger partial charge in [0.1, 0.15) is 23.8 Å². The van der Waals surface area contributed by atoms with Crippen molar-refractivity contribution in [1.82, 2.24) is 35.2 Å². The molecule has 4 rings (SSSR count). The van der Waals surface area contributed by atoms with Gasteiger partial charge in [-0.25, -0.2) is 25.4 Å². The summed E-state index contributed by atoms with van der Waals surface area (Å²) in [5.41, 5.74) is 5.28. The summed E-state index contributed by atoms with van der Waals surface area (Å²) >= 11 is 0. The Labute approximate surface area is 208 Å². The Hall–Kier alpha value is -4.58. The van der Waals surface area contributed by atoms with E-state index >= 15 is 0 Å². The second-order valence-corrected chi connectivity index (χ2v) is 7.80. The van der Waals surface area contributed by atoms with Gasteiger partial charge in [-0.2, -0.15) is 5.10 Å². The van der Waals surface area contributed by atoms with Gasteiger partial charge in [0.25, 0.3) is 5.91 Å². The summed E-state index contributed by atoms with van der Waals surface area (Å²) in [5, 5.41) is 10.8. The van der Waals surface area contributed by atoms with Gasteiger partial charge in [0.05, 0.1) is 36.2 Å². The van der Waals surface area contributed by atoms with Crippen molar-refractivity contribution in [3.05, 3.63) is 59.9 Å². The normalized spacial score (nSPS) is 10.7. The third-order valence-corrected chi connectivity index (χ3v) is 5.01. The zero-order valence-corrected chi connectivity index (χ0v) is 20.7. The summed E-state index contributed by atoms with van der Waals surface area (Å²) in [6, 6.07) is 9.06. The van der Waals surface area contributed by atoms with Gasteiger partial charge in [-0.3, -0.25) is 14.3 Å². The molecule has 0 aliphatic heterocycles. The second-order valence-electron chi connectivity index (χ2n) is 7.80. The molecule has 0 saturated carbocycles. The fraction of sp³-hybridized carbons (Fsp3) is 0.250. The van der Waals surface area contributed by atoms with Crippen molar-refractivity contribution in [1.29, 1.82) is 0 Å². The highest BCUT2D eigenvalue weighted by Gasteiger charge is 2.18. The van der Waals surface area contributed by atoms with Crippen molar-refractivity contribution >= 4 is 28.9 Å². The zero-order chi connectivity index (χ0) is 25.7. The lowest BCUT2D eigenvalue weighted by Crippen LogP contribution is -2.24. The number of aryl methyl sites for hydroxylation is 3. The number of nitrogens with one attached hydrogen (secondary N) is 3. The van der Waals surface area contributed by atoms with Crippen LogP contribution in [-0.4, -0.2) is 49.3 Å². The average Bonchev–Trinajstić information content (AvgIpc) is 3.28. The Bertz CT molecular complexity index is 1370. The molecule has 0 atom stereocenters. The number of para-hydroxylation sites is 1. The molecule has 0 unspecified atom stereocenters. The molecule has 0 saturated heterocycles. The first kappa shape index (κ1) is 24.5. The van der Waals surface area contributed by atoms with Crippen LogP contribution in [0.3, 0.4) is 0 Å². The number of ether oxygens (including phenoxy) is 1. The van der Waals surface area contributed by atoms with Gasteiger partial charge in [-0.15, -0.1) is 0 Å². The Morgan fingerprint density at radius 2 is 1.89 bits per heavy atom. The average molecular weight is 490 g/mol. The second kappa shape index (κ2) is 10.8. The summed E-state index contributed by atoms with van der Waals surface area (Å²) in [6.07, 6.45) is 3.07. The third-order valence-electron chi connectivity index (χ3n) is 5.01. The van der Waals surface area contributed by atoms with Gasteiger partial charge in [0.15, 0.2) is 11.6 Å². The van der Waals surface area contributed by atoms with Crippen molar-refractivity contribution in [3.8, 4) is 17.1 Å². The molecule has 0 aliphatic rings. The number of methoxy groups -OCH3 is 1. The standard InChI is InChI=1S/C24H27N9O3/c1-6-36-32-24(34)17-12-25-20(30-21-10-14(2)27-15(3)28-21)11-19(17)29-18-9-7-8-16(22(18)35-5)23-26-13-33(4)31-23/h7-13H,6H2,1-5H3,(H,32,34)(H2,25,27,28,29,30). The monoisotopic (exact) mass is 489 g/mol. The van der Waals surface area contributed by atoms with E-state index in [0.717, 1.165) is 5.69 Å². The number of anilines is 4. The van der Waals surface area contributed by atoms with E-state index in [1.165, 1.54) is 6.20 Å². The number of hydroxylamine groups is 1. The van der Waals surface area contributed by atoms with Crippen LogP contribution in [0.25, 0.3) is 11.4 Å². The summed E-state index contributed by atoms with van der Waals surface area (Å²) in [7, 11) is 3.36. The number of benzene rings is 1. The van der Waals surface area contributed by atoms with E-state index in [9.17, 15) is 4.79 Å². The Morgan fingerprint density at radius 1 is 1.06 bits per heavy atom. The minimum atomic E-state index is -0.450. The zero-order valence-electron chi connectivity index (χ0n) is 20.7. The molecule has 3 aromatic heterocycles. The number of rotatable bonds is 9. The summed E-state index contributed by atoms with van der Waals surface area (Å²) in [4.78, 5) is 35.3. The molecular weight excluding hydrogens is 462 g/mol. The maximum Gasteiger partial charge on any atom is 0.278 e. The van der Waals surface area contributed by atoms with E-state index in [0.29, 0.717) is 52.6 Å². The minimum Gasteiger partial charge on any atom is -0.494 e. The van der Waals surface area contributed by atoms with Crippen LogP contribution in [0.15, 0.2) is 42.9 Å². The summed E-state index contributed by atoms with van der Waals surface area (Å²) < 4.78 is 7.32. The third kappa shape index (κ3) is 5.55. The molecule has 0 fully saturated rings. The molecule has 1 aromatic carbocycles. The molecule has 12 nitrogen and oxygen atoms in total. The SMILES string of the molecule is CCONC(=O)c1cnc(Nc2cc(C)nc(C)n2)cc1Nc1cccc(-c2ncn(C)n2)c1OC. The van der Waals surface area contributed by atoms with Gasteiger partial charge in [-0.1, -0.05) is 6.07 Å². The van der Waals surface area contributed by atoms with Crippen LogP contribution in [0.4, 0.5) is 23.0 Å². The fourth-order valence-electron chi connectivity index (χ4n) is 3.55.